The Labute approximate surface area is 102 Å². The van der Waals surface area contributed by atoms with E-state index in [1.165, 1.54) is 0 Å². The van der Waals surface area contributed by atoms with Gasteiger partial charge in [0.05, 0.1) is 24.6 Å². The summed E-state index contributed by atoms with van der Waals surface area (Å²) in [5, 5.41) is 9.33. The first kappa shape index (κ1) is 12.3. The van der Waals surface area contributed by atoms with Crippen molar-refractivity contribution < 1.29 is 9.84 Å². The fourth-order valence-corrected chi connectivity index (χ4v) is 2.36. The molecule has 1 aromatic heterocycles. The highest BCUT2D eigenvalue weighted by Gasteiger charge is 2.21. The van der Waals surface area contributed by atoms with Crippen LogP contribution in [0.4, 0.5) is 5.69 Å². The van der Waals surface area contributed by atoms with Crippen molar-refractivity contribution in [2.45, 2.75) is 32.5 Å². The Bertz CT molecular complexity index is 355. The fraction of sp³-hybridized carbons (Fsp3) is 0.615. The molecule has 0 radical (unpaired) electrons. The molecule has 0 aliphatic carbocycles. The molecule has 4 nitrogen and oxygen atoms in total. The zero-order valence-corrected chi connectivity index (χ0v) is 10.3. The van der Waals surface area contributed by atoms with Crippen LogP contribution in [0.3, 0.4) is 0 Å². The molecule has 0 aromatic carbocycles. The number of ether oxygens (including phenoxy) is 1. The predicted octanol–water partition coefficient (Wildman–Crippen LogP) is 1.58. The van der Waals surface area contributed by atoms with Gasteiger partial charge in [0, 0.05) is 31.5 Å². The second-order valence-corrected chi connectivity index (χ2v) is 4.33. The number of rotatable bonds is 4. The summed E-state index contributed by atoms with van der Waals surface area (Å²) < 4.78 is 5.68. The molecule has 17 heavy (non-hydrogen) atoms. The van der Waals surface area contributed by atoms with Crippen molar-refractivity contribution in [3.05, 3.63) is 24.0 Å². The second-order valence-electron chi connectivity index (χ2n) is 4.33. The summed E-state index contributed by atoms with van der Waals surface area (Å²) in [7, 11) is 0. The van der Waals surface area contributed by atoms with E-state index in [2.05, 4.69) is 9.88 Å². The first-order chi connectivity index (χ1) is 8.35. The maximum atomic E-state index is 9.33. The van der Waals surface area contributed by atoms with Gasteiger partial charge in [0.15, 0.2) is 0 Å². The molecule has 1 aliphatic heterocycles. The molecule has 4 heteroatoms. The lowest BCUT2D eigenvalue weighted by molar-refractivity contribution is 0.0526. The van der Waals surface area contributed by atoms with Crippen LogP contribution in [-0.4, -0.2) is 35.9 Å². The van der Waals surface area contributed by atoms with Crippen molar-refractivity contribution in [2.24, 2.45) is 0 Å². The minimum atomic E-state index is 0.0631. The highest BCUT2D eigenvalue weighted by Crippen LogP contribution is 2.24. The van der Waals surface area contributed by atoms with Gasteiger partial charge in [-0.25, -0.2) is 0 Å². The summed E-state index contributed by atoms with van der Waals surface area (Å²) >= 11 is 0. The number of pyridine rings is 1. The van der Waals surface area contributed by atoms with Gasteiger partial charge >= 0.3 is 0 Å². The van der Waals surface area contributed by atoms with Gasteiger partial charge < -0.3 is 14.7 Å². The minimum Gasteiger partial charge on any atom is -0.392 e. The SMILES string of the molecule is CCOC1CCCN(c2cnccc2CO)C1. The van der Waals surface area contributed by atoms with E-state index in [0.717, 1.165) is 43.8 Å². The van der Waals surface area contributed by atoms with Gasteiger partial charge in [0.1, 0.15) is 0 Å². The lowest BCUT2D eigenvalue weighted by Crippen LogP contribution is -2.40. The van der Waals surface area contributed by atoms with Gasteiger partial charge in [-0.15, -0.1) is 0 Å². The van der Waals surface area contributed by atoms with E-state index in [9.17, 15) is 5.11 Å². The van der Waals surface area contributed by atoms with Gasteiger partial charge in [-0.3, -0.25) is 4.98 Å². The van der Waals surface area contributed by atoms with Gasteiger partial charge in [-0.05, 0) is 25.8 Å². The third kappa shape index (κ3) is 2.96. The van der Waals surface area contributed by atoms with Crippen LogP contribution < -0.4 is 4.90 Å². The minimum absolute atomic E-state index is 0.0631. The Morgan fingerprint density at radius 3 is 3.24 bits per heavy atom. The fourth-order valence-electron chi connectivity index (χ4n) is 2.36. The van der Waals surface area contributed by atoms with Crippen LogP contribution >= 0.6 is 0 Å². The molecule has 1 aromatic rings. The van der Waals surface area contributed by atoms with Crippen LogP contribution in [-0.2, 0) is 11.3 Å². The topological polar surface area (TPSA) is 45.6 Å². The van der Waals surface area contributed by atoms with Gasteiger partial charge in [-0.2, -0.15) is 0 Å². The number of hydrogen-bond acceptors (Lipinski definition) is 4. The van der Waals surface area contributed by atoms with Crippen molar-refractivity contribution in [2.75, 3.05) is 24.6 Å². The van der Waals surface area contributed by atoms with Crippen LogP contribution in [0, 0.1) is 0 Å². The molecular formula is C13H20N2O2. The van der Waals surface area contributed by atoms with E-state index in [4.69, 9.17) is 4.74 Å². The predicted molar refractivity (Wildman–Crippen MR) is 67.0 cm³/mol. The number of piperidine rings is 1. The Kier molecular flexibility index (Phi) is 4.34. The molecular weight excluding hydrogens is 216 g/mol. The molecule has 2 heterocycles. The van der Waals surface area contributed by atoms with Gasteiger partial charge in [0.2, 0.25) is 0 Å². The second kappa shape index (κ2) is 5.98. The lowest BCUT2D eigenvalue weighted by Gasteiger charge is -2.34. The van der Waals surface area contributed by atoms with Crippen LogP contribution in [0.5, 0.6) is 0 Å². The van der Waals surface area contributed by atoms with Crippen LogP contribution in [0.15, 0.2) is 18.5 Å². The van der Waals surface area contributed by atoms with E-state index in [1.807, 2.05) is 19.2 Å². The third-order valence-corrected chi connectivity index (χ3v) is 3.18. The maximum absolute atomic E-state index is 9.33. The average molecular weight is 236 g/mol. The molecule has 0 bridgehead atoms. The summed E-state index contributed by atoms with van der Waals surface area (Å²) in [6.07, 6.45) is 6.11. The zero-order valence-electron chi connectivity index (χ0n) is 10.3. The highest BCUT2D eigenvalue weighted by atomic mass is 16.5. The van der Waals surface area contributed by atoms with Gasteiger partial charge in [0.25, 0.3) is 0 Å². The Hall–Kier alpha value is -1.13. The van der Waals surface area contributed by atoms with E-state index in [1.54, 1.807) is 6.20 Å². The van der Waals surface area contributed by atoms with E-state index in [-0.39, 0.29) is 6.61 Å². The number of aromatic nitrogens is 1. The molecule has 1 aliphatic rings. The summed E-state index contributed by atoms with van der Waals surface area (Å²) in [4.78, 5) is 6.41. The third-order valence-electron chi connectivity index (χ3n) is 3.18. The molecule has 1 atom stereocenters. The maximum Gasteiger partial charge on any atom is 0.0750 e. The normalized spacial score (nSPS) is 20.6. The molecule has 0 saturated carbocycles. The molecule has 2 rings (SSSR count). The Balaban J connectivity index is 2.10. The zero-order chi connectivity index (χ0) is 12.1. The number of nitrogens with zero attached hydrogens (tertiary/aromatic N) is 2. The van der Waals surface area contributed by atoms with Crippen LogP contribution in [0.2, 0.25) is 0 Å². The van der Waals surface area contributed by atoms with Gasteiger partial charge in [-0.1, -0.05) is 0 Å². The van der Waals surface area contributed by atoms with Crippen molar-refractivity contribution >= 4 is 5.69 Å². The first-order valence-corrected chi connectivity index (χ1v) is 6.25. The summed E-state index contributed by atoms with van der Waals surface area (Å²) in [5.74, 6) is 0. The van der Waals surface area contributed by atoms with Crippen molar-refractivity contribution in [3.8, 4) is 0 Å². The Morgan fingerprint density at radius 1 is 1.59 bits per heavy atom. The molecule has 0 amide bonds. The van der Waals surface area contributed by atoms with E-state index < -0.39 is 0 Å². The molecule has 94 valence electrons. The molecule has 1 saturated heterocycles. The summed E-state index contributed by atoms with van der Waals surface area (Å²) in [6.45, 7) is 4.77. The van der Waals surface area contributed by atoms with Crippen LogP contribution in [0.25, 0.3) is 0 Å². The van der Waals surface area contributed by atoms with Crippen molar-refractivity contribution in [1.82, 2.24) is 4.98 Å². The quantitative estimate of drug-likeness (QED) is 0.862. The standard InChI is InChI=1S/C13H20N2O2/c1-2-17-12-4-3-7-15(9-12)13-8-14-6-5-11(13)10-16/h5-6,8,12,16H,2-4,7,9-10H2,1H3. The van der Waals surface area contributed by atoms with Crippen molar-refractivity contribution in [1.29, 1.82) is 0 Å². The van der Waals surface area contributed by atoms with Crippen molar-refractivity contribution in [3.63, 3.8) is 0 Å². The lowest BCUT2D eigenvalue weighted by atomic mass is 10.1. The molecule has 1 fully saturated rings. The first-order valence-electron chi connectivity index (χ1n) is 6.25. The average Bonchev–Trinajstić information content (AvgIpc) is 2.39. The molecule has 1 N–H and O–H groups in total. The van der Waals surface area contributed by atoms with E-state index in [0.29, 0.717) is 6.10 Å². The number of hydrogen-bond donors (Lipinski definition) is 1. The number of aliphatic hydroxyl groups is 1. The van der Waals surface area contributed by atoms with E-state index >= 15 is 0 Å². The smallest absolute Gasteiger partial charge is 0.0750 e. The summed E-state index contributed by atoms with van der Waals surface area (Å²) in [6, 6.07) is 1.87. The number of aliphatic hydroxyl groups excluding tert-OH is 1. The molecule has 1 unspecified atom stereocenters. The van der Waals surface area contributed by atoms with Crippen LogP contribution in [0.1, 0.15) is 25.3 Å². The Morgan fingerprint density at radius 2 is 2.47 bits per heavy atom. The highest BCUT2D eigenvalue weighted by molar-refractivity contribution is 5.51. The summed E-state index contributed by atoms with van der Waals surface area (Å²) in [5.41, 5.74) is 1.98. The monoisotopic (exact) mass is 236 g/mol. The molecule has 0 spiro atoms. The number of anilines is 1. The largest absolute Gasteiger partial charge is 0.392 e.